The summed E-state index contributed by atoms with van der Waals surface area (Å²) in [4.78, 5) is 12.8. The molecule has 174 valence electrons. The Morgan fingerprint density at radius 3 is 2.27 bits per heavy atom. The number of anilines is 1. The summed E-state index contributed by atoms with van der Waals surface area (Å²) in [5.41, 5.74) is 1.53. The van der Waals surface area contributed by atoms with Crippen LogP contribution in [0.4, 0.5) is 19.0 Å². The van der Waals surface area contributed by atoms with Crippen LogP contribution >= 0.6 is 0 Å². The molecule has 1 aromatic heterocycles. The summed E-state index contributed by atoms with van der Waals surface area (Å²) in [6.07, 6.45) is -3.61. The van der Waals surface area contributed by atoms with Crippen LogP contribution in [0, 0.1) is 0 Å². The zero-order valence-corrected chi connectivity index (χ0v) is 18.0. The zero-order chi connectivity index (χ0) is 23.6. The molecule has 0 radical (unpaired) electrons. The fourth-order valence-corrected chi connectivity index (χ4v) is 3.80. The number of carbonyl (C=O) groups is 1. The lowest BCUT2D eigenvalue weighted by Gasteiger charge is -2.34. The van der Waals surface area contributed by atoms with Crippen LogP contribution in [0.2, 0.25) is 0 Å². The minimum Gasteiger partial charge on any atom is -0.497 e. The molecular formula is C23H23F3N4O3. The van der Waals surface area contributed by atoms with Crippen molar-refractivity contribution in [2.75, 3.05) is 19.5 Å². The maximum absolute atomic E-state index is 13.8. The number of alkyl halides is 3. The number of ether oxygens (including phenoxy) is 2. The van der Waals surface area contributed by atoms with Gasteiger partial charge in [-0.1, -0.05) is 24.3 Å². The number of nitrogens with zero attached hydrogens (tertiary/aromatic N) is 2. The number of fused-ring (bicyclic) bond motifs is 1. The van der Waals surface area contributed by atoms with Crippen LogP contribution in [-0.2, 0) is 6.54 Å². The first kappa shape index (κ1) is 22.5. The van der Waals surface area contributed by atoms with Crippen molar-refractivity contribution in [3.8, 4) is 11.5 Å². The molecule has 0 bridgehead atoms. The molecule has 4 rings (SSSR count). The first-order valence-electron chi connectivity index (χ1n) is 10.3. The summed E-state index contributed by atoms with van der Waals surface area (Å²) in [5.74, 6) is 0.806. The highest BCUT2D eigenvalue weighted by atomic mass is 19.4. The molecule has 2 N–H and O–H groups in total. The predicted octanol–water partition coefficient (Wildman–Crippen LogP) is 4.49. The molecule has 0 saturated heterocycles. The Labute approximate surface area is 188 Å². The molecule has 0 aliphatic carbocycles. The van der Waals surface area contributed by atoms with Gasteiger partial charge >= 0.3 is 6.18 Å². The molecule has 0 fully saturated rings. The van der Waals surface area contributed by atoms with E-state index in [-0.39, 0.29) is 24.3 Å². The number of halogens is 3. The van der Waals surface area contributed by atoms with Gasteiger partial charge in [0.2, 0.25) is 0 Å². The summed E-state index contributed by atoms with van der Waals surface area (Å²) in [6.45, 7) is 0.206. The maximum Gasteiger partial charge on any atom is 0.410 e. The van der Waals surface area contributed by atoms with Gasteiger partial charge in [-0.2, -0.15) is 18.3 Å². The van der Waals surface area contributed by atoms with E-state index in [2.05, 4.69) is 15.7 Å². The molecule has 1 aliphatic rings. The summed E-state index contributed by atoms with van der Waals surface area (Å²) in [6, 6.07) is 11.4. The van der Waals surface area contributed by atoms with Crippen LogP contribution in [0.25, 0.3) is 0 Å². The van der Waals surface area contributed by atoms with Gasteiger partial charge in [0.05, 0.1) is 26.5 Å². The molecule has 0 saturated carbocycles. The smallest absolute Gasteiger partial charge is 0.410 e. The number of methoxy groups -OCH3 is 2. The SMILES string of the molecule is COc1ccc(CNC(=O)c2cnn3c2N[C@H](c2ccc(OC)cc2)C[C@H]3C(F)(F)F)cc1. The minimum atomic E-state index is -4.52. The van der Waals surface area contributed by atoms with Gasteiger partial charge < -0.3 is 20.1 Å². The normalized spacial score (nSPS) is 17.6. The Morgan fingerprint density at radius 1 is 1.09 bits per heavy atom. The maximum atomic E-state index is 13.8. The number of amides is 1. The monoisotopic (exact) mass is 460 g/mol. The highest BCUT2D eigenvalue weighted by Gasteiger charge is 2.47. The van der Waals surface area contributed by atoms with Gasteiger partial charge in [-0.05, 0) is 35.4 Å². The molecular weight excluding hydrogens is 437 g/mol. The lowest BCUT2D eigenvalue weighted by atomic mass is 9.96. The lowest BCUT2D eigenvalue weighted by molar-refractivity contribution is -0.173. The number of hydrogen-bond donors (Lipinski definition) is 2. The third kappa shape index (κ3) is 4.74. The van der Waals surface area contributed by atoms with Crippen molar-refractivity contribution in [3.05, 3.63) is 71.4 Å². The lowest BCUT2D eigenvalue weighted by Crippen LogP contribution is -2.36. The number of aromatic nitrogens is 2. The Morgan fingerprint density at radius 2 is 1.70 bits per heavy atom. The largest absolute Gasteiger partial charge is 0.497 e. The average Bonchev–Trinajstić information content (AvgIpc) is 3.25. The molecule has 3 aromatic rings. The highest BCUT2D eigenvalue weighted by Crippen LogP contribution is 2.44. The van der Waals surface area contributed by atoms with Gasteiger partial charge in [0, 0.05) is 13.0 Å². The zero-order valence-electron chi connectivity index (χ0n) is 18.0. The van der Waals surface area contributed by atoms with Gasteiger partial charge in [-0.15, -0.1) is 0 Å². The Kier molecular flexibility index (Phi) is 6.17. The minimum absolute atomic E-state index is 0.0385. The van der Waals surface area contributed by atoms with E-state index in [1.54, 1.807) is 55.6 Å². The van der Waals surface area contributed by atoms with Gasteiger partial charge in [0.15, 0.2) is 6.04 Å². The summed E-state index contributed by atoms with van der Waals surface area (Å²) < 4.78 is 52.6. The molecule has 2 atom stereocenters. The number of carbonyl (C=O) groups excluding carboxylic acids is 1. The number of rotatable bonds is 6. The van der Waals surface area contributed by atoms with Crippen molar-refractivity contribution < 1.29 is 27.4 Å². The molecule has 10 heteroatoms. The quantitative estimate of drug-likeness (QED) is 0.567. The molecule has 2 heterocycles. The predicted molar refractivity (Wildman–Crippen MR) is 115 cm³/mol. The Balaban J connectivity index is 1.57. The second-order valence-electron chi connectivity index (χ2n) is 7.65. The van der Waals surface area contributed by atoms with E-state index in [1.165, 1.54) is 13.3 Å². The van der Waals surface area contributed by atoms with Gasteiger partial charge in [0.1, 0.15) is 22.9 Å². The van der Waals surface area contributed by atoms with E-state index in [1.807, 2.05) is 0 Å². The molecule has 1 aliphatic heterocycles. The van der Waals surface area contributed by atoms with Crippen LogP contribution in [0.15, 0.2) is 54.7 Å². The standard InChI is InChI=1S/C23H23F3N4O3/c1-32-16-7-3-14(4-8-16)12-27-22(31)18-13-28-30-20(23(24,25)26)11-19(29-21(18)30)15-5-9-17(33-2)10-6-15/h3-10,13,19-20,29H,11-12H2,1-2H3,(H,27,31)/t19-,20-/m0/s1. The third-order valence-corrected chi connectivity index (χ3v) is 5.61. The van der Waals surface area contributed by atoms with E-state index >= 15 is 0 Å². The van der Waals surface area contributed by atoms with Crippen molar-refractivity contribution >= 4 is 11.7 Å². The third-order valence-electron chi connectivity index (χ3n) is 5.61. The summed E-state index contributed by atoms with van der Waals surface area (Å²) in [7, 11) is 3.07. The van der Waals surface area contributed by atoms with Gasteiger partial charge in [-0.3, -0.25) is 4.79 Å². The topological polar surface area (TPSA) is 77.4 Å². The molecule has 0 unspecified atom stereocenters. The van der Waals surface area contributed by atoms with Gasteiger partial charge in [-0.25, -0.2) is 4.68 Å². The second-order valence-corrected chi connectivity index (χ2v) is 7.65. The first-order valence-corrected chi connectivity index (χ1v) is 10.3. The van der Waals surface area contributed by atoms with E-state index < -0.39 is 24.2 Å². The summed E-state index contributed by atoms with van der Waals surface area (Å²) >= 11 is 0. The van der Waals surface area contributed by atoms with Crippen LogP contribution in [0.1, 0.15) is 40.0 Å². The van der Waals surface area contributed by atoms with Crippen molar-refractivity contribution in [1.82, 2.24) is 15.1 Å². The van der Waals surface area contributed by atoms with Crippen molar-refractivity contribution in [2.24, 2.45) is 0 Å². The van der Waals surface area contributed by atoms with Crippen molar-refractivity contribution in [3.63, 3.8) is 0 Å². The Hall–Kier alpha value is -3.69. The molecule has 0 spiro atoms. The van der Waals surface area contributed by atoms with Crippen LogP contribution in [0.5, 0.6) is 11.5 Å². The number of nitrogens with one attached hydrogen (secondary N) is 2. The van der Waals surface area contributed by atoms with Crippen LogP contribution in [-0.4, -0.2) is 36.1 Å². The van der Waals surface area contributed by atoms with E-state index in [9.17, 15) is 18.0 Å². The number of hydrogen-bond acceptors (Lipinski definition) is 5. The van der Waals surface area contributed by atoms with Crippen LogP contribution < -0.4 is 20.1 Å². The highest BCUT2D eigenvalue weighted by molar-refractivity contribution is 5.98. The van der Waals surface area contributed by atoms with Gasteiger partial charge in [0.25, 0.3) is 5.91 Å². The second kappa shape index (κ2) is 9.05. The Bertz CT molecular complexity index is 1110. The van der Waals surface area contributed by atoms with E-state index in [0.717, 1.165) is 10.2 Å². The van der Waals surface area contributed by atoms with Crippen molar-refractivity contribution in [1.29, 1.82) is 0 Å². The van der Waals surface area contributed by atoms with E-state index in [4.69, 9.17) is 9.47 Å². The molecule has 33 heavy (non-hydrogen) atoms. The summed E-state index contributed by atoms with van der Waals surface area (Å²) in [5, 5.41) is 9.71. The molecule has 2 aromatic carbocycles. The molecule has 7 nitrogen and oxygen atoms in total. The fraction of sp³-hybridized carbons (Fsp3) is 0.304. The van der Waals surface area contributed by atoms with Crippen molar-refractivity contribution in [2.45, 2.75) is 31.2 Å². The fourth-order valence-electron chi connectivity index (χ4n) is 3.80. The van der Waals surface area contributed by atoms with E-state index in [0.29, 0.717) is 17.1 Å². The van der Waals surface area contributed by atoms with Crippen LogP contribution in [0.3, 0.4) is 0 Å². The number of benzene rings is 2. The molecule has 1 amide bonds. The average molecular weight is 460 g/mol. The first-order chi connectivity index (χ1) is 15.8.